The highest BCUT2D eigenvalue weighted by atomic mass is 16.8. The molecule has 0 aliphatic carbocycles. The first kappa shape index (κ1) is 42.2. The van der Waals surface area contributed by atoms with Gasteiger partial charge in [-0.1, -0.05) is 103 Å². The van der Waals surface area contributed by atoms with Gasteiger partial charge < -0.3 is 59.8 Å². The summed E-state index contributed by atoms with van der Waals surface area (Å²) in [5, 5.41) is 80.6. The molecule has 0 radical (unpaired) electrons. The average molecular weight is 681 g/mol. The van der Waals surface area contributed by atoms with E-state index in [4.69, 9.17) is 18.9 Å². The quantitative estimate of drug-likeness (QED) is 0.0512. The molecule has 2 rings (SSSR count). The zero-order valence-corrected chi connectivity index (χ0v) is 28.3. The van der Waals surface area contributed by atoms with Gasteiger partial charge in [0.05, 0.1) is 19.3 Å². The lowest BCUT2D eigenvalue weighted by Gasteiger charge is -2.45. The molecule has 0 spiro atoms. The van der Waals surface area contributed by atoms with Gasteiger partial charge in [-0.3, -0.25) is 4.79 Å². The Morgan fingerprint density at radius 3 is 1.55 bits per heavy atom. The van der Waals surface area contributed by atoms with Crippen molar-refractivity contribution in [1.29, 1.82) is 0 Å². The maximum absolute atomic E-state index is 12.6. The van der Waals surface area contributed by atoms with Gasteiger partial charge in [0.2, 0.25) is 0 Å². The Labute approximate surface area is 280 Å². The minimum atomic E-state index is -1.77. The lowest BCUT2D eigenvalue weighted by atomic mass is 9.98. The Balaban J connectivity index is 1.56. The first-order valence-electron chi connectivity index (χ1n) is 18.1. The number of carbonyl (C=O) groups is 1. The summed E-state index contributed by atoms with van der Waals surface area (Å²) in [4.78, 5) is 12.6. The molecule has 2 aliphatic rings. The smallest absolute Gasteiger partial charge is 0.306 e. The molecule has 0 aromatic rings. The van der Waals surface area contributed by atoms with Crippen LogP contribution < -0.4 is 0 Å². The fraction of sp³-hybridized carbons (Fsp3) is 0.971. The summed E-state index contributed by atoms with van der Waals surface area (Å²) in [5.41, 5.74) is 0. The Kier molecular flexibility index (Phi) is 21.8. The Morgan fingerprint density at radius 2 is 1.04 bits per heavy atom. The number of esters is 1. The topological polar surface area (TPSA) is 216 Å². The van der Waals surface area contributed by atoms with Gasteiger partial charge in [0.1, 0.15) is 42.7 Å². The van der Waals surface area contributed by atoms with Crippen LogP contribution in [-0.4, -0.2) is 128 Å². The number of aliphatic hydroxyl groups is 8. The fourth-order valence-corrected chi connectivity index (χ4v) is 6.20. The number of aliphatic hydroxyl groups excluding tert-OH is 8. The number of rotatable bonds is 25. The number of hydrogen-bond acceptors (Lipinski definition) is 13. The van der Waals surface area contributed by atoms with E-state index < -0.39 is 80.6 Å². The van der Waals surface area contributed by atoms with E-state index in [0.29, 0.717) is 6.42 Å². The lowest BCUT2D eigenvalue weighted by Crippen LogP contribution is -2.64. The molecule has 0 bridgehead atoms. The minimum Gasteiger partial charge on any atom is -0.456 e. The summed E-state index contributed by atoms with van der Waals surface area (Å²) in [6.45, 7) is 0.799. The number of unbranched alkanes of at least 4 members (excludes halogenated alkanes) is 14. The van der Waals surface area contributed by atoms with Crippen LogP contribution in [-0.2, 0) is 23.7 Å². The van der Waals surface area contributed by atoms with Crippen LogP contribution in [0, 0.1) is 0 Å². The van der Waals surface area contributed by atoms with Crippen LogP contribution >= 0.6 is 0 Å². The van der Waals surface area contributed by atoms with Crippen LogP contribution in [0.3, 0.4) is 0 Å². The van der Waals surface area contributed by atoms with Crippen LogP contribution in [0.1, 0.15) is 129 Å². The van der Waals surface area contributed by atoms with Crippen molar-refractivity contribution in [2.24, 2.45) is 0 Å². The Hall–Kier alpha value is -0.970. The maximum Gasteiger partial charge on any atom is 0.306 e. The largest absolute Gasteiger partial charge is 0.456 e. The van der Waals surface area contributed by atoms with Crippen molar-refractivity contribution in [2.75, 3.05) is 13.2 Å². The normalized spacial score (nSPS) is 31.9. The Bertz CT molecular complexity index is 802. The highest BCUT2D eigenvalue weighted by Crippen LogP contribution is 2.29. The molecule has 47 heavy (non-hydrogen) atoms. The van der Waals surface area contributed by atoms with E-state index in [1.165, 1.54) is 57.8 Å². The van der Waals surface area contributed by atoms with Crippen molar-refractivity contribution in [3.8, 4) is 0 Å². The molecule has 0 saturated carbocycles. The molecular formula is C34H64O13. The third-order valence-electron chi connectivity index (χ3n) is 9.27. The summed E-state index contributed by atoms with van der Waals surface area (Å²) < 4.78 is 21.5. The SMILES string of the molecule is CCCCCC(O)CCCCCCCCCCCCCCCC(=O)O[C@@H]1[C@@H](O)[C@H](O[C@H]2O[C@H](CO)[C@H](O)[C@H](O)[C@H]2O)O[C@H](CO)[C@H]1O. The van der Waals surface area contributed by atoms with Gasteiger partial charge in [0, 0.05) is 6.42 Å². The van der Waals surface area contributed by atoms with Crippen molar-refractivity contribution in [3.05, 3.63) is 0 Å². The summed E-state index contributed by atoms with van der Waals surface area (Å²) in [6, 6.07) is 0. The van der Waals surface area contributed by atoms with Gasteiger partial charge in [-0.2, -0.15) is 0 Å². The molecule has 0 aromatic heterocycles. The highest BCUT2D eigenvalue weighted by Gasteiger charge is 2.51. The monoisotopic (exact) mass is 680 g/mol. The zero-order valence-electron chi connectivity index (χ0n) is 28.3. The van der Waals surface area contributed by atoms with Gasteiger partial charge >= 0.3 is 5.97 Å². The van der Waals surface area contributed by atoms with E-state index in [1.54, 1.807) is 0 Å². The minimum absolute atomic E-state index is 0.0800. The van der Waals surface area contributed by atoms with E-state index in [2.05, 4.69) is 6.92 Å². The van der Waals surface area contributed by atoms with Gasteiger partial charge in [-0.15, -0.1) is 0 Å². The second-order valence-electron chi connectivity index (χ2n) is 13.3. The summed E-state index contributed by atoms with van der Waals surface area (Å²) in [7, 11) is 0. The van der Waals surface area contributed by atoms with Crippen molar-refractivity contribution < 1.29 is 64.6 Å². The van der Waals surface area contributed by atoms with Crippen LogP contribution in [0.5, 0.6) is 0 Å². The summed E-state index contributed by atoms with van der Waals surface area (Å²) in [6.07, 6.45) is 4.05. The molecule has 13 nitrogen and oxygen atoms in total. The molecule has 0 aromatic carbocycles. The third kappa shape index (κ3) is 15.2. The molecule has 2 saturated heterocycles. The van der Waals surface area contributed by atoms with Gasteiger partial charge in [0.25, 0.3) is 0 Å². The fourth-order valence-electron chi connectivity index (χ4n) is 6.20. The number of hydrogen-bond donors (Lipinski definition) is 8. The standard InChI is InChI=1S/C34H64O13/c1-2-3-15-18-23(37)19-16-13-11-9-7-5-4-6-8-10-12-14-17-20-26(38)46-32-28(40)25(22-36)45-34(31(32)43)47-33-30(42)29(41)27(39)24(21-35)44-33/h23-25,27-37,39-43H,2-22H2,1H3/t23?,24-,25-,27+,28-,29+,30-,31-,32+,33-,34+/m1/s1. The second kappa shape index (κ2) is 24.2. The average Bonchev–Trinajstić information content (AvgIpc) is 3.06. The molecule has 13 heteroatoms. The summed E-state index contributed by atoms with van der Waals surface area (Å²) >= 11 is 0. The van der Waals surface area contributed by atoms with E-state index in [-0.39, 0.29) is 12.5 Å². The first-order valence-corrected chi connectivity index (χ1v) is 18.1. The van der Waals surface area contributed by atoms with Crippen molar-refractivity contribution in [3.63, 3.8) is 0 Å². The van der Waals surface area contributed by atoms with Crippen molar-refractivity contribution in [1.82, 2.24) is 0 Å². The Morgan fingerprint density at radius 1 is 0.596 bits per heavy atom. The van der Waals surface area contributed by atoms with E-state index in [9.17, 15) is 45.6 Å². The highest BCUT2D eigenvalue weighted by molar-refractivity contribution is 5.69. The molecule has 0 amide bonds. The molecule has 11 atom stereocenters. The van der Waals surface area contributed by atoms with Crippen LogP contribution in [0.4, 0.5) is 0 Å². The zero-order chi connectivity index (χ0) is 34.6. The summed E-state index contributed by atoms with van der Waals surface area (Å²) in [5.74, 6) is -0.638. The first-order chi connectivity index (χ1) is 22.6. The van der Waals surface area contributed by atoms with Crippen LogP contribution in [0.25, 0.3) is 0 Å². The number of carbonyl (C=O) groups excluding carboxylic acids is 1. The lowest BCUT2D eigenvalue weighted by molar-refractivity contribution is -0.376. The second-order valence-corrected chi connectivity index (χ2v) is 13.3. The van der Waals surface area contributed by atoms with Crippen LogP contribution in [0.15, 0.2) is 0 Å². The third-order valence-corrected chi connectivity index (χ3v) is 9.27. The van der Waals surface area contributed by atoms with Crippen molar-refractivity contribution in [2.45, 2.75) is 196 Å². The van der Waals surface area contributed by atoms with E-state index in [1.807, 2.05) is 0 Å². The predicted octanol–water partition coefficient (Wildman–Crippen LogP) is 1.95. The number of ether oxygens (including phenoxy) is 4. The van der Waals surface area contributed by atoms with E-state index >= 15 is 0 Å². The predicted molar refractivity (Wildman–Crippen MR) is 172 cm³/mol. The van der Waals surface area contributed by atoms with Gasteiger partial charge in [-0.05, 0) is 19.3 Å². The van der Waals surface area contributed by atoms with Gasteiger partial charge in [-0.25, -0.2) is 0 Å². The molecule has 2 aliphatic heterocycles. The molecule has 2 heterocycles. The molecule has 2 fully saturated rings. The van der Waals surface area contributed by atoms with Crippen molar-refractivity contribution >= 4 is 5.97 Å². The molecule has 278 valence electrons. The van der Waals surface area contributed by atoms with Crippen LogP contribution in [0.2, 0.25) is 0 Å². The molecule has 1 unspecified atom stereocenters. The molecular weight excluding hydrogens is 616 g/mol. The maximum atomic E-state index is 12.6. The molecule has 8 N–H and O–H groups in total. The van der Waals surface area contributed by atoms with Gasteiger partial charge in [0.15, 0.2) is 18.7 Å². The van der Waals surface area contributed by atoms with E-state index in [0.717, 1.165) is 51.4 Å².